The predicted molar refractivity (Wildman–Crippen MR) is 64.5 cm³/mol. The number of hydrogen-bond donors (Lipinski definition) is 1. The van der Waals surface area contributed by atoms with E-state index in [1.54, 1.807) is 10.7 Å². The number of hydrogen-bond acceptors (Lipinski definition) is 4. The average molecular weight is 303 g/mol. The third-order valence-corrected chi connectivity index (χ3v) is 3.22. The minimum Gasteiger partial charge on any atom is -0.324 e. The molecule has 0 fully saturated rings. The first kappa shape index (κ1) is 11.5. The monoisotopic (exact) mass is 301 g/mol. The molecule has 16 heavy (non-hydrogen) atoms. The van der Waals surface area contributed by atoms with Crippen LogP contribution in [0.5, 0.6) is 0 Å². The predicted octanol–water partition coefficient (Wildman–Crippen LogP) is 1.85. The molecule has 0 radical (unpaired) electrons. The van der Waals surface area contributed by atoms with Crippen LogP contribution in [-0.2, 0) is 6.54 Å². The standard InChI is InChI=1S/C9H9BrClN5/c1-5-2-6(10)8(3-7(5)11)16-9(4-12)13-14-15-16/h2-3H,4,12H2,1H3. The van der Waals surface area contributed by atoms with Crippen molar-refractivity contribution in [3.8, 4) is 5.69 Å². The fourth-order valence-electron chi connectivity index (χ4n) is 1.32. The van der Waals surface area contributed by atoms with Gasteiger partial charge in [-0.2, -0.15) is 4.68 Å². The summed E-state index contributed by atoms with van der Waals surface area (Å²) in [5.41, 5.74) is 7.30. The number of aromatic nitrogens is 4. The quantitative estimate of drug-likeness (QED) is 0.919. The lowest BCUT2D eigenvalue weighted by Crippen LogP contribution is -2.08. The van der Waals surface area contributed by atoms with E-state index in [0.717, 1.165) is 15.7 Å². The van der Waals surface area contributed by atoms with Crippen molar-refractivity contribution in [2.24, 2.45) is 5.73 Å². The van der Waals surface area contributed by atoms with Crippen LogP contribution in [0.15, 0.2) is 16.6 Å². The number of rotatable bonds is 2. The molecule has 0 amide bonds. The van der Waals surface area contributed by atoms with E-state index in [4.69, 9.17) is 17.3 Å². The van der Waals surface area contributed by atoms with E-state index in [2.05, 4.69) is 31.5 Å². The molecule has 0 aliphatic rings. The second kappa shape index (κ2) is 4.48. The summed E-state index contributed by atoms with van der Waals surface area (Å²) in [7, 11) is 0. The van der Waals surface area contributed by atoms with Crippen molar-refractivity contribution in [3.05, 3.63) is 33.0 Å². The summed E-state index contributed by atoms with van der Waals surface area (Å²) in [5, 5.41) is 11.9. The summed E-state index contributed by atoms with van der Waals surface area (Å²) in [6, 6.07) is 3.72. The number of nitrogens with two attached hydrogens (primary N) is 1. The Balaban J connectivity index is 2.60. The molecule has 0 unspecified atom stereocenters. The average Bonchev–Trinajstić information content (AvgIpc) is 2.71. The lowest BCUT2D eigenvalue weighted by atomic mass is 10.2. The van der Waals surface area contributed by atoms with E-state index in [9.17, 15) is 0 Å². The van der Waals surface area contributed by atoms with Crippen molar-refractivity contribution in [1.29, 1.82) is 0 Å². The van der Waals surface area contributed by atoms with Crippen LogP contribution in [0.3, 0.4) is 0 Å². The Bertz CT molecular complexity index is 525. The molecule has 5 nitrogen and oxygen atoms in total. The fourth-order valence-corrected chi connectivity index (χ4v) is 2.10. The number of halogens is 2. The third kappa shape index (κ3) is 1.95. The van der Waals surface area contributed by atoms with Crippen molar-refractivity contribution in [2.45, 2.75) is 13.5 Å². The van der Waals surface area contributed by atoms with E-state index >= 15 is 0 Å². The summed E-state index contributed by atoms with van der Waals surface area (Å²) in [4.78, 5) is 0. The van der Waals surface area contributed by atoms with Gasteiger partial charge < -0.3 is 5.73 Å². The van der Waals surface area contributed by atoms with Crippen LogP contribution in [0.4, 0.5) is 0 Å². The Labute approximate surface area is 106 Å². The van der Waals surface area contributed by atoms with Crippen LogP contribution in [0, 0.1) is 6.92 Å². The Morgan fingerprint density at radius 1 is 1.50 bits per heavy atom. The van der Waals surface area contributed by atoms with Gasteiger partial charge in [-0.15, -0.1) is 5.10 Å². The fraction of sp³-hybridized carbons (Fsp3) is 0.222. The van der Waals surface area contributed by atoms with Crippen LogP contribution in [-0.4, -0.2) is 20.2 Å². The molecule has 2 rings (SSSR count). The Hall–Kier alpha value is -0.980. The van der Waals surface area contributed by atoms with E-state index in [1.165, 1.54) is 0 Å². The minimum atomic E-state index is 0.269. The summed E-state index contributed by atoms with van der Waals surface area (Å²) < 4.78 is 2.44. The first-order chi connectivity index (χ1) is 7.63. The van der Waals surface area contributed by atoms with Crippen molar-refractivity contribution in [3.63, 3.8) is 0 Å². The Morgan fingerprint density at radius 3 is 2.94 bits per heavy atom. The van der Waals surface area contributed by atoms with Crippen LogP contribution < -0.4 is 5.73 Å². The van der Waals surface area contributed by atoms with Crippen molar-refractivity contribution < 1.29 is 0 Å². The van der Waals surface area contributed by atoms with E-state index in [0.29, 0.717) is 10.8 Å². The summed E-state index contributed by atoms with van der Waals surface area (Å²) in [6.45, 7) is 2.20. The summed E-state index contributed by atoms with van der Waals surface area (Å²) in [6.07, 6.45) is 0. The highest BCUT2D eigenvalue weighted by Crippen LogP contribution is 2.27. The molecule has 0 saturated carbocycles. The zero-order valence-electron chi connectivity index (χ0n) is 8.48. The molecular weight excluding hydrogens is 293 g/mol. The van der Waals surface area contributed by atoms with Gasteiger partial charge in [-0.05, 0) is 51.0 Å². The first-order valence-electron chi connectivity index (χ1n) is 4.57. The van der Waals surface area contributed by atoms with Crippen molar-refractivity contribution >= 4 is 27.5 Å². The second-order valence-electron chi connectivity index (χ2n) is 3.26. The topological polar surface area (TPSA) is 69.6 Å². The maximum absolute atomic E-state index is 6.06. The van der Waals surface area contributed by atoms with Gasteiger partial charge in [-0.3, -0.25) is 0 Å². The highest BCUT2D eigenvalue weighted by atomic mass is 79.9. The van der Waals surface area contributed by atoms with E-state index in [1.807, 2.05) is 13.0 Å². The van der Waals surface area contributed by atoms with Gasteiger partial charge in [0.15, 0.2) is 5.82 Å². The molecule has 7 heteroatoms. The van der Waals surface area contributed by atoms with Gasteiger partial charge in [0.2, 0.25) is 0 Å². The molecule has 2 N–H and O–H groups in total. The lowest BCUT2D eigenvalue weighted by molar-refractivity contribution is 0.758. The van der Waals surface area contributed by atoms with Gasteiger partial charge in [-0.1, -0.05) is 11.6 Å². The lowest BCUT2D eigenvalue weighted by Gasteiger charge is -2.08. The molecule has 0 atom stereocenters. The maximum Gasteiger partial charge on any atom is 0.170 e. The highest BCUT2D eigenvalue weighted by Gasteiger charge is 2.11. The van der Waals surface area contributed by atoms with Gasteiger partial charge >= 0.3 is 0 Å². The largest absolute Gasteiger partial charge is 0.324 e. The zero-order valence-corrected chi connectivity index (χ0v) is 10.8. The smallest absolute Gasteiger partial charge is 0.170 e. The number of aryl methyl sites for hydroxylation is 1. The molecule has 1 aromatic heterocycles. The van der Waals surface area contributed by atoms with Gasteiger partial charge in [0.05, 0.1) is 12.2 Å². The third-order valence-electron chi connectivity index (χ3n) is 2.17. The minimum absolute atomic E-state index is 0.269. The number of benzene rings is 1. The molecule has 0 aliphatic heterocycles. The SMILES string of the molecule is Cc1cc(Br)c(-n2nnnc2CN)cc1Cl. The molecule has 1 aromatic carbocycles. The molecular formula is C9H9BrClN5. The van der Waals surface area contributed by atoms with Crippen LogP contribution in [0.25, 0.3) is 5.69 Å². The molecule has 2 aromatic rings. The summed E-state index contributed by atoms with van der Waals surface area (Å²) in [5.74, 6) is 0.584. The molecule has 84 valence electrons. The van der Waals surface area contributed by atoms with Crippen LogP contribution in [0.2, 0.25) is 5.02 Å². The van der Waals surface area contributed by atoms with Crippen LogP contribution >= 0.6 is 27.5 Å². The molecule has 0 saturated heterocycles. The van der Waals surface area contributed by atoms with Gasteiger partial charge in [0.1, 0.15) is 0 Å². The van der Waals surface area contributed by atoms with Gasteiger partial charge in [-0.25, -0.2) is 0 Å². The highest BCUT2D eigenvalue weighted by molar-refractivity contribution is 9.10. The second-order valence-corrected chi connectivity index (χ2v) is 4.53. The normalized spacial score (nSPS) is 10.8. The Morgan fingerprint density at radius 2 is 2.25 bits per heavy atom. The number of tetrazole rings is 1. The molecule has 1 heterocycles. The molecule has 0 bridgehead atoms. The zero-order chi connectivity index (χ0) is 11.7. The van der Waals surface area contributed by atoms with Gasteiger partial charge in [0.25, 0.3) is 0 Å². The van der Waals surface area contributed by atoms with Crippen LogP contribution in [0.1, 0.15) is 11.4 Å². The van der Waals surface area contributed by atoms with Crippen molar-refractivity contribution in [2.75, 3.05) is 0 Å². The molecule has 0 spiro atoms. The first-order valence-corrected chi connectivity index (χ1v) is 5.74. The van der Waals surface area contributed by atoms with Gasteiger partial charge in [0, 0.05) is 9.50 Å². The van der Waals surface area contributed by atoms with Crippen molar-refractivity contribution in [1.82, 2.24) is 20.2 Å². The summed E-state index contributed by atoms with van der Waals surface area (Å²) >= 11 is 9.51. The maximum atomic E-state index is 6.06. The number of nitrogens with zero attached hydrogens (tertiary/aromatic N) is 4. The van der Waals surface area contributed by atoms with E-state index in [-0.39, 0.29) is 6.54 Å². The Kier molecular flexibility index (Phi) is 3.22. The van der Waals surface area contributed by atoms with E-state index < -0.39 is 0 Å². The molecule has 0 aliphatic carbocycles.